The molecule has 4 heteroatoms. The molecule has 1 aromatic heterocycles. The van der Waals surface area contributed by atoms with Crippen LogP contribution in [-0.2, 0) is 0 Å². The summed E-state index contributed by atoms with van der Waals surface area (Å²) in [7, 11) is 0. The number of hydrogen-bond donors (Lipinski definition) is 1. The van der Waals surface area contributed by atoms with Gasteiger partial charge < -0.3 is 9.73 Å². The Morgan fingerprint density at radius 3 is 2.95 bits per heavy atom. The van der Waals surface area contributed by atoms with Crippen molar-refractivity contribution in [3.63, 3.8) is 0 Å². The van der Waals surface area contributed by atoms with Gasteiger partial charge in [0.05, 0.1) is 6.04 Å². The number of halogens is 1. The Morgan fingerprint density at radius 2 is 2.10 bits per heavy atom. The molecule has 0 spiro atoms. The zero-order chi connectivity index (χ0) is 14.4. The average Bonchev–Trinajstić information content (AvgIpc) is 3.09. The number of benzene rings is 1. The normalized spacial score (nSPS) is 28.7. The van der Waals surface area contributed by atoms with E-state index in [1.54, 1.807) is 6.07 Å². The molecule has 21 heavy (non-hydrogen) atoms. The van der Waals surface area contributed by atoms with Crippen LogP contribution >= 0.6 is 11.6 Å². The Hall–Kier alpha value is -1.32. The van der Waals surface area contributed by atoms with E-state index >= 15 is 0 Å². The number of hydrogen-bond acceptors (Lipinski definition) is 3. The molecule has 1 saturated carbocycles. The van der Waals surface area contributed by atoms with E-state index in [2.05, 4.69) is 5.32 Å². The molecule has 0 amide bonds. The minimum atomic E-state index is -0.0888. The highest BCUT2D eigenvalue weighted by Crippen LogP contribution is 2.34. The molecule has 4 rings (SSSR count). The SMILES string of the molecule is O=C(c1cc2cc(Cl)ccc2o1)C1CC2CCCCC2N1. The summed E-state index contributed by atoms with van der Waals surface area (Å²) in [6, 6.07) is 7.67. The lowest BCUT2D eigenvalue weighted by atomic mass is 9.85. The van der Waals surface area contributed by atoms with Crippen molar-refractivity contribution in [2.24, 2.45) is 5.92 Å². The summed E-state index contributed by atoms with van der Waals surface area (Å²) >= 11 is 5.98. The van der Waals surface area contributed by atoms with Gasteiger partial charge in [0.25, 0.3) is 0 Å². The van der Waals surface area contributed by atoms with E-state index in [0.29, 0.717) is 22.7 Å². The molecule has 0 radical (unpaired) electrons. The van der Waals surface area contributed by atoms with Gasteiger partial charge in [-0.1, -0.05) is 24.4 Å². The third-order valence-corrected chi connectivity index (χ3v) is 5.14. The minimum absolute atomic E-state index is 0.0803. The third kappa shape index (κ3) is 2.39. The minimum Gasteiger partial charge on any atom is -0.453 e. The summed E-state index contributed by atoms with van der Waals surface area (Å²) in [6.07, 6.45) is 5.97. The maximum Gasteiger partial charge on any atom is 0.214 e. The Bertz CT molecular complexity index is 679. The van der Waals surface area contributed by atoms with Gasteiger partial charge in [-0.25, -0.2) is 0 Å². The Labute approximate surface area is 128 Å². The van der Waals surface area contributed by atoms with E-state index < -0.39 is 0 Å². The van der Waals surface area contributed by atoms with Crippen molar-refractivity contribution >= 4 is 28.4 Å². The number of furan rings is 1. The summed E-state index contributed by atoms with van der Waals surface area (Å²) < 4.78 is 5.70. The summed E-state index contributed by atoms with van der Waals surface area (Å²) in [4.78, 5) is 12.7. The van der Waals surface area contributed by atoms with Crippen LogP contribution in [0.25, 0.3) is 11.0 Å². The van der Waals surface area contributed by atoms with Gasteiger partial charge in [-0.3, -0.25) is 4.79 Å². The van der Waals surface area contributed by atoms with Crippen molar-refractivity contribution in [1.82, 2.24) is 5.32 Å². The lowest BCUT2D eigenvalue weighted by Crippen LogP contribution is -2.37. The molecule has 2 fully saturated rings. The molecule has 0 bridgehead atoms. The number of carbonyl (C=O) groups excluding carboxylic acids is 1. The number of fused-ring (bicyclic) bond motifs is 2. The van der Waals surface area contributed by atoms with Crippen LogP contribution in [0, 0.1) is 5.92 Å². The van der Waals surface area contributed by atoms with Crippen LogP contribution in [0.4, 0.5) is 0 Å². The van der Waals surface area contributed by atoms with Crippen LogP contribution in [0.1, 0.15) is 42.7 Å². The molecule has 2 heterocycles. The second kappa shape index (κ2) is 5.15. The van der Waals surface area contributed by atoms with Crippen molar-refractivity contribution in [2.45, 2.75) is 44.2 Å². The number of ketones is 1. The fourth-order valence-electron chi connectivity index (χ4n) is 3.83. The molecular weight excluding hydrogens is 286 g/mol. The fourth-order valence-corrected chi connectivity index (χ4v) is 4.01. The molecule has 3 atom stereocenters. The van der Waals surface area contributed by atoms with Crippen molar-refractivity contribution < 1.29 is 9.21 Å². The molecule has 110 valence electrons. The average molecular weight is 304 g/mol. The number of rotatable bonds is 2. The summed E-state index contributed by atoms with van der Waals surface area (Å²) in [5.74, 6) is 1.19. The first-order chi connectivity index (χ1) is 10.2. The highest BCUT2D eigenvalue weighted by molar-refractivity contribution is 6.31. The number of nitrogens with one attached hydrogen (secondary N) is 1. The summed E-state index contributed by atoms with van der Waals surface area (Å²) in [5.41, 5.74) is 0.721. The predicted molar refractivity (Wildman–Crippen MR) is 82.8 cm³/mol. The molecule has 3 nitrogen and oxygen atoms in total. The number of Topliss-reactive ketones (excluding diaryl/α,β-unsaturated/α-hetero) is 1. The van der Waals surface area contributed by atoms with Gasteiger partial charge in [0.2, 0.25) is 5.78 Å². The molecule has 1 aromatic carbocycles. The van der Waals surface area contributed by atoms with Crippen molar-refractivity contribution in [1.29, 1.82) is 0 Å². The van der Waals surface area contributed by atoms with Crippen LogP contribution < -0.4 is 5.32 Å². The highest BCUT2D eigenvalue weighted by Gasteiger charge is 2.39. The van der Waals surface area contributed by atoms with Gasteiger partial charge >= 0.3 is 0 Å². The smallest absolute Gasteiger partial charge is 0.214 e. The van der Waals surface area contributed by atoms with E-state index in [4.69, 9.17) is 16.0 Å². The zero-order valence-corrected chi connectivity index (χ0v) is 12.5. The van der Waals surface area contributed by atoms with Gasteiger partial charge in [0.15, 0.2) is 5.76 Å². The first kappa shape index (κ1) is 13.4. The van der Waals surface area contributed by atoms with Crippen LogP contribution in [-0.4, -0.2) is 17.9 Å². The number of carbonyl (C=O) groups is 1. The monoisotopic (exact) mass is 303 g/mol. The van der Waals surface area contributed by atoms with Crippen LogP contribution in [0.15, 0.2) is 28.7 Å². The van der Waals surface area contributed by atoms with Crippen molar-refractivity contribution in [3.05, 3.63) is 35.0 Å². The highest BCUT2D eigenvalue weighted by atomic mass is 35.5. The summed E-state index contributed by atoms with van der Waals surface area (Å²) in [5, 5.41) is 5.06. The maximum atomic E-state index is 12.7. The van der Waals surface area contributed by atoms with E-state index in [1.807, 2.05) is 18.2 Å². The second-order valence-electron chi connectivity index (χ2n) is 6.26. The van der Waals surface area contributed by atoms with Crippen molar-refractivity contribution in [2.75, 3.05) is 0 Å². The molecule has 1 saturated heterocycles. The topological polar surface area (TPSA) is 42.2 Å². The predicted octanol–water partition coefficient (Wildman–Crippen LogP) is 4.19. The Kier molecular flexibility index (Phi) is 3.27. The van der Waals surface area contributed by atoms with E-state index in [9.17, 15) is 4.79 Å². The van der Waals surface area contributed by atoms with Gasteiger partial charge in [-0.15, -0.1) is 0 Å². The van der Waals surface area contributed by atoms with Crippen LogP contribution in [0.5, 0.6) is 0 Å². The van der Waals surface area contributed by atoms with Gasteiger partial charge in [0.1, 0.15) is 5.58 Å². The largest absolute Gasteiger partial charge is 0.453 e. The lowest BCUT2D eigenvalue weighted by Gasteiger charge is -2.24. The lowest BCUT2D eigenvalue weighted by molar-refractivity contribution is 0.0923. The van der Waals surface area contributed by atoms with Gasteiger partial charge in [-0.05, 0) is 49.4 Å². The van der Waals surface area contributed by atoms with Crippen LogP contribution in [0.2, 0.25) is 5.02 Å². The Balaban J connectivity index is 1.58. The van der Waals surface area contributed by atoms with Gasteiger partial charge in [0, 0.05) is 16.5 Å². The quantitative estimate of drug-likeness (QED) is 0.846. The second-order valence-corrected chi connectivity index (χ2v) is 6.70. The van der Waals surface area contributed by atoms with E-state index in [-0.39, 0.29) is 11.8 Å². The maximum absolute atomic E-state index is 12.7. The van der Waals surface area contributed by atoms with E-state index in [0.717, 1.165) is 17.4 Å². The molecule has 1 aliphatic carbocycles. The fraction of sp³-hybridized carbons (Fsp3) is 0.471. The Morgan fingerprint density at radius 1 is 1.24 bits per heavy atom. The standard InChI is InChI=1S/C17H18ClNO2/c18-12-5-6-15-11(7-12)9-16(21-15)17(20)14-8-10-3-1-2-4-13(10)19-14/h5-7,9-10,13-14,19H,1-4,8H2. The van der Waals surface area contributed by atoms with Crippen LogP contribution in [0.3, 0.4) is 0 Å². The third-order valence-electron chi connectivity index (χ3n) is 4.90. The zero-order valence-electron chi connectivity index (χ0n) is 11.8. The molecule has 1 aliphatic heterocycles. The first-order valence-corrected chi connectivity index (χ1v) is 8.08. The molecule has 1 N–H and O–H groups in total. The first-order valence-electron chi connectivity index (χ1n) is 7.70. The van der Waals surface area contributed by atoms with Crippen molar-refractivity contribution in [3.8, 4) is 0 Å². The molecule has 2 aliphatic rings. The molecule has 2 aromatic rings. The molecular formula is C17H18ClNO2. The van der Waals surface area contributed by atoms with Gasteiger partial charge in [-0.2, -0.15) is 0 Å². The van der Waals surface area contributed by atoms with E-state index in [1.165, 1.54) is 25.7 Å². The summed E-state index contributed by atoms with van der Waals surface area (Å²) in [6.45, 7) is 0. The molecule has 3 unspecified atom stereocenters.